The molecule has 1 N–H and O–H groups in total. The Balaban J connectivity index is 1.94. The molecular formula is C14H16ClN3O. The quantitative estimate of drug-likeness (QED) is 0.912. The van der Waals surface area contributed by atoms with Crippen LogP contribution >= 0.6 is 11.6 Å². The van der Waals surface area contributed by atoms with Crippen molar-refractivity contribution in [2.75, 3.05) is 12.4 Å². The fraction of sp³-hybridized carbons (Fsp3) is 0.286. The lowest BCUT2D eigenvalue weighted by molar-refractivity contribution is 0.102. The third-order valence-electron chi connectivity index (χ3n) is 2.55. The van der Waals surface area contributed by atoms with Crippen LogP contribution in [0.25, 0.3) is 0 Å². The Morgan fingerprint density at radius 2 is 2.05 bits per heavy atom. The number of nitrogens with zero attached hydrogens (tertiary/aromatic N) is 2. The number of hydrogen-bond acceptors (Lipinski definition) is 4. The molecule has 0 fully saturated rings. The molecule has 0 spiro atoms. The first-order valence-electron chi connectivity index (χ1n) is 6.02. The summed E-state index contributed by atoms with van der Waals surface area (Å²) in [6.45, 7) is 2.80. The van der Waals surface area contributed by atoms with Crippen molar-refractivity contribution in [1.82, 2.24) is 9.97 Å². The van der Waals surface area contributed by atoms with Gasteiger partial charge < -0.3 is 10.1 Å². The summed E-state index contributed by atoms with van der Waals surface area (Å²) in [6, 6.07) is 9.50. The SMILES string of the molecule is CNc1cc(C)nc(COCc2cccc(Cl)c2)n1. The van der Waals surface area contributed by atoms with Crippen molar-refractivity contribution in [2.45, 2.75) is 20.1 Å². The number of halogens is 1. The lowest BCUT2D eigenvalue weighted by atomic mass is 10.2. The highest BCUT2D eigenvalue weighted by atomic mass is 35.5. The second-order valence-electron chi connectivity index (χ2n) is 4.18. The maximum Gasteiger partial charge on any atom is 0.156 e. The van der Waals surface area contributed by atoms with Crippen LogP contribution in [0, 0.1) is 6.92 Å². The number of rotatable bonds is 5. The molecule has 0 saturated carbocycles. The van der Waals surface area contributed by atoms with Crippen molar-refractivity contribution in [1.29, 1.82) is 0 Å². The second kappa shape index (κ2) is 6.50. The van der Waals surface area contributed by atoms with Crippen LogP contribution in [-0.2, 0) is 18.0 Å². The van der Waals surface area contributed by atoms with E-state index in [0.29, 0.717) is 24.1 Å². The van der Waals surface area contributed by atoms with E-state index in [0.717, 1.165) is 17.1 Å². The largest absolute Gasteiger partial charge is 0.373 e. The number of aromatic nitrogens is 2. The summed E-state index contributed by atoms with van der Waals surface area (Å²) in [5, 5.41) is 3.71. The van der Waals surface area contributed by atoms with E-state index in [1.54, 1.807) is 0 Å². The highest BCUT2D eigenvalue weighted by Gasteiger charge is 2.02. The van der Waals surface area contributed by atoms with Gasteiger partial charge in [0.05, 0.1) is 6.61 Å². The minimum absolute atomic E-state index is 0.378. The maximum absolute atomic E-state index is 5.91. The maximum atomic E-state index is 5.91. The number of benzene rings is 1. The van der Waals surface area contributed by atoms with Gasteiger partial charge in [-0.15, -0.1) is 0 Å². The molecule has 1 aromatic heterocycles. The zero-order valence-corrected chi connectivity index (χ0v) is 11.7. The predicted octanol–water partition coefficient (Wildman–Crippen LogP) is 3.20. The molecule has 2 rings (SSSR count). The highest BCUT2D eigenvalue weighted by Crippen LogP contribution is 2.12. The van der Waals surface area contributed by atoms with Gasteiger partial charge in [0.1, 0.15) is 12.4 Å². The predicted molar refractivity (Wildman–Crippen MR) is 76.3 cm³/mol. The number of nitrogens with one attached hydrogen (secondary N) is 1. The summed E-state index contributed by atoms with van der Waals surface area (Å²) in [5.41, 5.74) is 1.95. The van der Waals surface area contributed by atoms with E-state index in [1.807, 2.05) is 44.3 Å². The molecular weight excluding hydrogens is 262 g/mol. The molecule has 2 aromatic rings. The van der Waals surface area contributed by atoms with E-state index in [-0.39, 0.29) is 0 Å². The Morgan fingerprint density at radius 3 is 2.79 bits per heavy atom. The minimum atomic E-state index is 0.378. The van der Waals surface area contributed by atoms with Crippen LogP contribution in [0.3, 0.4) is 0 Å². The Bertz CT molecular complexity index is 560. The zero-order valence-electron chi connectivity index (χ0n) is 11.0. The van der Waals surface area contributed by atoms with Crippen LogP contribution in [0.2, 0.25) is 5.02 Å². The Labute approximate surface area is 117 Å². The number of anilines is 1. The minimum Gasteiger partial charge on any atom is -0.373 e. The molecule has 1 aromatic carbocycles. The molecule has 0 unspecified atom stereocenters. The average Bonchev–Trinajstić information content (AvgIpc) is 2.38. The summed E-state index contributed by atoms with van der Waals surface area (Å²) < 4.78 is 5.60. The molecule has 0 aliphatic heterocycles. The van der Waals surface area contributed by atoms with Crippen LogP contribution in [0.4, 0.5) is 5.82 Å². The number of aryl methyl sites for hydroxylation is 1. The first kappa shape index (κ1) is 13.8. The van der Waals surface area contributed by atoms with Gasteiger partial charge in [0.25, 0.3) is 0 Å². The molecule has 19 heavy (non-hydrogen) atoms. The third kappa shape index (κ3) is 4.19. The Kier molecular flexibility index (Phi) is 4.71. The van der Waals surface area contributed by atoms with Crippen molar-refractivity contribution in [2.24, 2.45) is 0 Å². The van der Waals surface area contributed by atoms with Gasteiger partial charge in [0.2, 0.25) is 0 Å². The van der Waals surface area contributed by atoms with Gasteiger partial charge in [-0.2, -0.15) is 0 Å². The molecule has 1 heterocycles. The normalized spacial score (nSPS) is 10.5. The fourth-order valence-corrected chi connectivity index (χ4v) is 1.92. The van der Waals surface area contributed by atoms with Crippen molar-refractivity contribution in [3.05, 3.63) is 52.4 Å². The smallest absolute Gasteiger partial charge is 0.156 e. The molecule has 100 valence electrons. The summed E-state index contributed by atoms with van der Waals surface area (Å²) in [4.78, 5) is 8.66. The summed E-state index contributed by atoms with van der Waals surface area (Å²) >= 11 is 5.91. The topological polar surface area (TPSA) is 47.0 Å². The number of hydrogen-bond donors (Lipinski definition) is 1. The van der Waals surface area contributed by atoms with Crippen molar-refractivity contribution < 1.29 is 4.74 Å². The monoisotopic (exact) mass is 277 g/mol. The van der Waals surface area contributed by atoms with Crippen LogP contribution in [0.5, 0.6) is 0 Å². The van der Waals surface area contributed by atoms with Crippen LogP contribution < -0.4 is 5.32 Å². The lowest BCUT2D eigenvalue weighted by Crippen LogP contribution is -2.04. The molecule has 0 saturated heterocycles. The van der Waals surface area contributed by atoms with E-state index < -0.39 is 0 Å². The number of ether oxygens (including phenoxy) is 1. The highest BCUT2D eigenvalue weighted by molar-refractivity contribution is 6.30. The Morgan fingerprint density at radius 1 is 1.21 bits per heavy atom. The van der Waals surface area contributed by atoms with Crippen molar-refractivity contribution in [3.8, 4) is 0 Å². The molecule has 4 nitrogen and oxygen atoms in total. The Hall–Kier alpha value is -1.65. The van der Waals surface area contributed by atoms with Gasteiger partial charge >= 0.3 is 0 Å². The van der Waals surface area contributed by atoms with Gasteiger partial charge in [-0.05, 0) is 24.6 Å². The lowest BCUT2D eigenvalue weighted by Gasteiger charge is -2.07. The molecule has 0 atom stereocenters. The average molecular weight is 278 g/mol. The van der Waals surface area contributed by atoms with E-state index in [9.17, 15) is 0 Å². The molecule has 0 amide bonds. The van der Waals surface area contributed by atoms with Gasteiger partial charge in [-0.3, -0.25) is 0 Å². The van der Waals surface area contributed by atoms with Crippen molar-refractivity contribution in [3.63, 3.8) is 0 Å². The standard InChI is InChI=1S/C14H16ClN3O/c1-10-6-13(16-2)18-14(17-10)9-19-8-11-4-3-5-12(15)7-11/h3-7H,8-9H2,1-2H3,(H,16,17,18). The van der Waals surface area contributed by atoms with E-state index >= 15 is 0 Å². The van der Waals surface area contributed by atoms with E-state index in [4.69, 9.17) is 16.3 Å². The first-order valence-corrected chi connectivity index (χ1v) is 6.39. The van der Waals surface area contributed by atoms with E-state index in [2.05, 4.69) is 15.3 Å². The molecule has 0 aliphatic rings. The van der Waals surface area contributed by atoms with Crippen molar-refractivity contribution >= 4 is 17.4 Å². The second-order valence-corrected chi connectivity index (χ2v) is 4.62. The van der Waals surface area contributed by atoms with Crippen LogP contribution in [0.1, 0.15) is 17.1 Å². The molecule has 0 radical (unpaired) electrons. The zero-order chi connectivity index (χ0) is 13.7. The van der Waals surface area contributed by atoms with Crippen LogP contribution in [0.15, 0.2) is 30.3 Å². The first-order chi connectivity index (χ1) is 9.17. The summed E-state index contributed by atoms with van der Waals surface area (Å²) in [5.74, 6) is 1.47. The van der Waals surface area contributed by atoms with Gasteiger partial charge in [0.15, 0.2) is 5.82 Å². The van der Waals surface area contributed by atoms with E-state index in [1.165, 1.54) is 0 Å². The van der Waals surface area contributed by atoms with Gasteiger partial charge in [-0.25, -0.2) is 9.97 Å². The summed E-state index contributed by atoms with van der Waals surface area (Å²) in [7, 11) is 1.83. The fourth-order valence-electron chi connectivity index (χ4n) is 1.71. The van der Waals surface area contributed by atoms with Gasteiger partial charge in [0, 0.05) is 23.8 Å². The summed E-state index contributed by atoms with van der Waals surface area (Å²) in [6.07, 6.45) is 0. The van der Waals surface area contributed by atoms with Gasteiger partial charge in [-0.1, -0.05) is 23.7 Å². The van der Waals surface area contributed by atoms with Crippen LogP contribution in [-0.4, -0.2) is 17.0 Å². The molecule has 5 heteroatoms. The molecule has 0 aliphatic carbocycles. The molecule has 0 bridgehead atoms. The third-order valence-corrected chi connectivity index (χ3v) is 2.78.